The van der Waals surface area contributed by atoms with Crippen LogP contribution in [0.5, 0.6) is 0 Å². The van der Waals surface area contributed by atoms with Crippen molar-refractivity contribution in [3.8, 4) is 0 Å². The fourth-order valence-corrected chi connectivity index (χ4v) is 5.37. The van der Waals surface area contributed by atoms with E-state index in [1.807, 2.05) is 39.8 Å². The smallest absolute Gasteiger partial charge is 0.268 e. The number of hydrogen-bond donors (Lipinski definition) is 1. The molecule has 0 saturated carbocycles. The first-order valence-electron chi connectivity index (χ1n) is 9.55. The molecular weight excluding hydrogens is 429 g/mol. The van der Waals surface area contributed by atoms with E-state index in [4.69, 9.17) is 23.2 Å². The molecule has 0 unspecified atom stereocenters. The van der Waals surface area contributed by atoms with Gasteiger partial charge in [0.15, 0.2) is 0 Å². The highest BCUT2D eigenvalue weighted by atomic mass is 35.5. The van der Waals surface area contributed by atoms with E-state index in [0.717, 1.165) is 5.56 Å². The third kappa shape index (κ3) is 5.14. The number of hydrogen-bond acceptors (Lipinski definition) is 3. The summed E-state index contributed by atoms with van der Waals surface area (Å²) in [5.74, 6) is -0.690. The summed E-state index contributed by atoms with van der Waals surface area (Å²) in [6, 6.07) is 8.41. The Morgan fingerprint density at radius 2 is 1.31 bits per heavy atom. The summed E-state index contributed by atoms with van der Waals surface area (Å²) in [6.45, 7) is 11.9. The van der Waals surface area contributed by atoms with E-state index >= 15 is 0 Å². The molecule has 4 nitrogen and oxygen atoms in total. The van der Waals surface area contributed by atoms with Gasteiger partial charge >= 0.3 is 0 Å². The number of sulfonamides is 1. The van der Waals surface area contributed by atoms with Crippen LogP contribution >= 0.6 is 23.2 Å². The number of amides is 1. The Bertz CT molecular complexity index is 979. The lowest BCUT2D eigenvalue weighted by Gasteiger charge is -2.23. The van der Waals surface area contributed by atoms with Gasteiger partial charge in [-0.25, -0.2) is 13.1 Å². The molecule has 0 aliphatic carbocycles. The second kappa shape index (κ2) is 9.07. The lowest BCUT2D eigenvalue weighted by molar-refractivity contribution is 0.0981. The fraction of sp³-hybridized carbons (Fsp3) is 0.409. The Balaban J connectivity index is 2.66. The molecule has 0 aliphatic heterocycles. The van der Waals surface area contributed by atoms with Gasteiger partial charge in [0.2, 0.25) is 0 Å². The number of carbonyl (C=O) groups is 1. The van der Waals surface area contributed by atoms with Gasteiger partial charge in [0.25, 0.3) is 15.9 Å². The van der Waals surface area contributed by atoms with Crippen molar-refractivity contribution in [1.29, 1.82) is 0 Å². The molecule has 0 spiro atoms. The van der Waals surface area contributed by atoms with Crippen LogP contribution in [0.2, 0.25) is 10.0 Å². The van der Waals surface area contributed by atoms with Gasteiger partial charge in [0.1, 0.15) is 0 Å². The lowest BCUT2D eigenvalue weighted by atomic mass is 9.89. The normalized spacial score (nSPS) is 12.1. The zero-order valence-corrected chi connectivity index (χ0v) is 19.8. The minimum absolute atomic E-state index is 0.0446. The Morgan fingerprint density at radius 1 is 0.862 bits per heavy atom. The summed E-state index contributed by atoms with van der Waals surface area (Å²) in [5.41, 5.74) is 2.38. The maximum absolute atomic E-state index is 13.4. The molecule has 7 heteroatoms. The zero-order valence-electron chi connectivity index (χ0n) is 17.5. The summed E-state index contributed by atoms with van der Waals surface area (Å²) >= 11 is 12.2. The van der Waals surface area contributed by atoms with Gasteiger partial charge in [0.05, 0.1) is 20.5 Å². The predicted molar refractivity (Wildman–Crippen MR) is 120 cm³/mol. The first kappa shape index (κ1) is 23.7. The molecular formula is C22H27Cl2NO3S. The SMILES string of the molecule is CC(C)c1cc(C(C)C)c(S(=O)(=O)NC(=O)c2c(Cl)cccc2Cl)c(C(C)C)c1. The summed E-state index contributed by atoms with van der Waals surface area (Å²) in [5, 5.41) is 0.182. The Kier molecular flexibility index (Phi) is 7.42. The van der Waals surface area contributed by atoms with E-state index in [9.17, 15) is 13.2 Å². The summed E-state index contributed by atoms with van der Waals surface area (Å²) in [6.07, 6.45) is 0. The van der Waals surface area contributed by atoms with Crippen molar-refractivity contribution in [1.82, 2.24) is 4.72 Å². The van der Waals surface area contributed by atoms with Crippen LogP contribution in [0.1, 0.15) is 86.3 Å². The van der Waals surface area contributed by atoms with Crippen molar-refractivity contribution in [3.05, 3.63) is 62.6 Å². The molecule has 0 fully saturated rings. The van der Waals surface area contributed by atoms with Gasteiger partial charge in [-0.3, -0.25) is 4.79 Å². The van der Waals surface area contributed by atoms with Crippen molar-refractivity contribution in [2.45, 2.75) is 64.2 Å². The first-order chi connectivity index (χ1) is 13.4. The van der Waals surface area contributed by atoms with Gasteiger partial charge in [-0.05, 0) is 46.6 Å². The first-order valence-corrected chi connectivity index (χ1v) is 11.8. The maximum atomic E-state index is 13.4. The van der Waals surface area contributed by atoms with Crippen LogP contribution < -0.4 is 4.72 Å². The Labute approximate surface area is 183 Å². The lowest BCUT2D eigenvalue weighted by Crippen LogP contribution is -2.33. The van der Waals surface area contributed by atoms with Crippen molar-refractivity contribution in [2.75, 3.05) is 0 Å². The highest BCUT2D eigenvalue weighted by molar-refractivity contribution is 7.90. The van der Waals surface area contributed by atoms with E-state index in [0.29, 0.717) is 11.1 Å². The highest BCUT2D eigenvalue weighted by Gasteiger charge is 2.29. The van der Waals surface area contributed by atoms with Crippen molar-refractivity contribution in [2.24, 2.45) is 0 Å². The van der Waals surface area contributed by atoms with E-state index < -0.39 is 15.9 Å². The molecule has 0 bridgehead atoms. The molecule has 0 aliphatic rings. The molecule has 2 aromatic carbocycles. The van der Waals surface area contributed by atoms with E-state index in [1.165, 1.54) is 12.1 Å². The fourth-order valence-electron chi connectivity index (χ4n) is 3.14. The van der Waals surface area contributed by atoms with E-state index in [1.54, 1.807) is 6.07 Å². The average Bonchev–Trinajstić information content (AvgIpc) is 2.59. The standard InChI is InChI=1S/C22H27Cl2NO3S/c1-12(2)15-10-16(13(3)4)21(17(11-15)14(5)6)29(27,28)25-22(26)20-18(23)8-7-9-19(20)24/h7-14H,1-6H3,(H,25,26). The minimum atomic E-state index is -4.15. The van der Waals surface area contributed by atoms with Crippen LogP contribution in [0.3, 0.4) is 0 Å². The van der Waals surface area contributed by atoms with Crippen LogP contribution in [-0.2, 0) is 10.0 Å². The molecule has 1 N–H and O–H groups in total. The molecule has 158 valence electrons. The van der Waals surface area contributed by atoms with E-state index in [-0.39, 0.29) is 38.3 Å². The number of nitrogens with one attached hydrogen (secondary N) is 1. The number of rotatable bonds is 6. The van der Waals surface area contributed by atoms with Crippen LogP contribution in [0.4, 0.5) is 0 Å². The van der Waals surface area contributed by atoms with Gasteiger partial charge < -0.3 is 0 Å². The predicted octanol–water partition coefficient (Wildman–Crippen LogP) is 6.48. The monoisotopic (exact) mass is 455 g/mol. The maximum Gasteiger partial charge on any atom is 0.268 e. The molecule has 0 atom stereocenters. The summed E-state index contributed by atoms with van der Waals surface area (Å²) in [7, 11) is -4.15. The molecule has 0 aromatic heterocycles. The molecule has 0 heterocycles. The third-order valence-electron chi connectivity index (χ3n) is 4.77. The quantitative estimate of drug-likeness (QED) is 0.541. The van der Waals surface area contributed by atoms with Crippen LogP contribution in [0.15, 0.2) is 35.2 Å². The minimum Gasteiger partial charge on any atom is -0.268 e. The molecule has 2 rings (SSSR count). The Hall–Kier alpha value is -1.56. The van der Waals surface area contributed by atoms with Crippen LogP contribution in [0.25, 0.3) is 0 Å². The average molecular weight is 456 g/mol. The summed E-state index contributed by atoms with van der Waals surface area (Å²) in [4.78, 5) is 12.9. The molecule has 2 aromatic rings. The molecule has 29 heavy (non-hydrogen) atoms. The van der Waals surface area contributed by atoms with Crippen molar-refractivity contribution < 1.29 is 13.2 Å². The number of halogens is 2. The zero-order chi connectivity index (χ0) is 22.1. The van der Waals surface area contributed by atoms with Crippen LogP contribution in [-0.4, -0.2) is 14.3 Å². The van der Waals surface area contributed by atoms with Gasteiger partial charge in [-0.1, -0.05) is 82.9 Å². The second-order valence-corrected chi connectivity index (χ2v) is 10.5. The molecule has 0 saturated heterocycles. The molecule has 0 radical (unpaired) electrons. The van der Waals surface area contributed by atoms with Gasteiger partial charge in [0, 0.05) is 0 Å². The second-order valence-electron chi connectivity index (χ2n) is 8.02. The highest BCUT2D eigenvalue weighted by Crippen LogP contribution is 2.35. The van der Waals surface area contributed by atoms with Crippen LogP contribution in [0, 0.1) is 0 Å². The summed E-state index contributed by atoms with van der Waals surface area (Å²) < 4.78 is 28.9. The number of benzene rings is 2. The third-order valence-corrected chi connectivity index (χ3v) is 6.86. The largest absolute Gasteiger partial charge is 0.268 e. The van der Waals surface area contributed by atoms with Gasteiger partial charge in [-0.15, -0.1) is 0 Å². The van der Waals surface area contributed by atoms with E-state index in [2.05, 4.69) is 18.6 Å². The molecule has 1 amide bonds. The van der Waals surface area contributed by atoms with Gasteiger partial charge in [-0.2, -0.15) is 0 Å². The number of carbonyl (C=O) groups excluding carboxylic acids is 1. The van der Waals surface area contributed by atoms with Crippen molar-refractivity contribution in [3.63, 3.8) is 0 Å². The topological polar surface area (TPSA) is 63.2 Å². The van der Waals surface area contributed by atoms with Crippen molar-refractivity contribution >= 4 is 39.1 Å². The Morgan fingerprint density at radius 3 is 1.69 bits per heavy atom.